The molecule has 3 unspecified atom stereocenters. The van der Waals surface area contributed by atoms with Gasteiger partial charge in [0.05, 0.1) is 18.8 Å². The van der Waals surface area contributed by atoms with E-state index in [0.29, 0.717) is 13.2 Å². The molecule has 3 atom stereocenters. The van der Waals surface area contributed by atoms with Gasteiger partial charge in [0, 0.05) is 19.5 Å². The normalized spacial score (nSPS) is 21.8. The number of amides is 2. The minimum Gasteiger partial charge on any atom is -0.494 e. The van der Waals surface area contributed by atoms with Crippen molar-refractivity contribution in [1.82, 2.24) is 10.2 Å². The molecule has 24 heavy (non-hydrogen) atoms. The van der Waals surface area contributed by atoms with Crippen molar-refractivity contribution in [3.8, 4) is 5.75 Å². The summed E-state index contributed by atoms with van der Waals surface area (Å²) in [5.41, 5.74) is 1.04. The Kier molecular flexibility index (Phi) is 6.91. The molecule has 1 aromatic carbocycles. The van der Waals surface area contributed by atoms with Crippen molar-refractivity contribution in [2.45, 2.75) is 51.7 Å². The van der Waals surface area contributed by atoms with Gasteiger partial charge in [-0.25, -0.2) is 4.79 Å². The zero-order chi connectivity index (χ0) is 17.5. The lowest BCUT2D eigenvalue weighted by molar-refractivity contribution is 0.0563. The maximum atomic E-state index is 12.4. The highest BCUT2D eigenvalue weighted by Crippen LogP contribution is 2.25. The van der Waals surface area contributed by atoms with Gasteiger partial charge in [0.15, 0.2) is 0 Å². The van der Waals surface area contributed by atoms with Crippen LogP contribution in [-0.4, -0.2) is 42.3 Å². The van der Waals surface area contributed by atoms with E-state index in [-0.39, 0.29) is 24.1 Å². The summed E-state index contributed by atoms with van der Waals surface area (Å²) >= 11 is 0. The Morgan fingerprint density at radius 2 is 2.00 bits per heavy atom. The minimum absolute atomic E-state index is 0.0769. The molecule has 134 valence electrons. The van der Waals surface area contributed by atoms with Crippen LogP contribution in [0.3, 0.4) is 0 Å². The topological polar surface area (TPSA) is 61.8 Å². The average Bonchev–Trinajstić information content (AvgIpc) is 2.57. The highest BCUT2D eigenvalue weighted by Gasteiger charge is 2.26. The largest absolute Gasteiger partial charge is 0.494 e. The number of urea groups is 1. The number of nitrogens with zero attached hydrogens (tertiary/aromatic N) is 1. The average molecular weight is 334 g/mol. The van der Waals surface area contributed by atoms with Gasteiger partial charge in [0.1, 0.15) is 5.75 Å². The molecule has 5 heteroatoms. The first kappa shape index (κ1) is 18.6. The third-order valence-electron chi connectivity index (χ3n) is 4.76. The van der Waals surface area contributed by atoms with Crippen LogP contribution < -0.4 is 10.1 Å². The first-order valence-electron chi connectivity index (χ1n) is 8.93. The molecule has 0 saturated heterocycles. The summed E-state index contributed by atoms with van der Waals surface area (Å²) < 4.78 is 5.44. The summed E-state index contributed by atoms with van der Waals surface area (Å²) in [6.45, 7) is 5.17. The third kappa shape index (κ3) is 5.13. The maximum Gasteiger partial charge on any atom is 0.317 e. The SMILES string of the molecule is CCOc1ccc(C(C)NC(=O)N(C)CC2CCCCC2O)cc1. The highest BCUT2D eigenvalue weighted by molar-refractivity contribution is 5.74. The fourth-order valence-corrected chi connectivity index (χ4v) is 3.23. The molecule has 0 radical (unpaired) electrons. The van der Waals surface area contributed by atoms with Crippen LogP contribution >= 0.6 is 0 Å². The van der Waals surface area contributed by atoms with E-state index in [1.807, 2.05) is 38.1 Å². The van der Waals surface area contributed by atoms with E-state index >= 15 is 0 Å². The van der Waals surface area contributed by atoms with Gasteiger partial charge < -0.3 is 20.1 Å². The van der Waals surface area contributed by atoms with Crippen LogP contribution in [0.1, 0.15) is 51.1 Å². The molecule has 1 fully saturated rings. The zero-order valence-electron chi connectivity index (χ0n) is 15.0. The summed E-state index contributed by atoms with van der Waals surface area (Å²) in [5, 5.41) is 13.1. The van der Waals surface area contributed by atoms with E-state index in [9.17, 15) is 9.90 Å². The maximum absolute atomic E-state index is 12.4. The fourth-order valence-electron chi connectivity index (χ4n) is 3.23. The summed E-state index contributed by atoms with van der Waals surface area (Å²) in [6.07, 6.45) is 3.79. The van der Waals surface area contributed by atoms with Crippen LogP contribution in [0, 0.1) is 5.92 Å². The van der Waals surface area contributed by atoms with Crippen molar-refractivity contribution in [1.29, 1.82) is 0 Å². The molecule has 2 rings (SSSR count). The molecule has 1 saturated carbocycles. The Morgan fingerprint density at radius 3 is 2.62 bits per heavy atom. The van der Waals surface area contributed by atoms with Gasteiger partial charge in [-0.05, 0) is 44.4 Å². The fraction of sp³-hybridized carbons (Fsp3) is 0.632. The Morgan fingerprint density at radius 1 is 1.33 bits per heavy atom. The lowest BCUT2D eigenvalue weighted by Crippen LogP contribution is -2.43. The van der Waals surface area contributed by atoms with E-state index in [1.165, 1.54) is 0 Å². The summed E-state index contributed by atoms with van der Waals surface area (Å²) in [4.78, 5) is 14.1. The van der Waals surface area contributed by atoms with Crippen LogP contribution in [0.5, 0.6) is 5.75 Å². The van der Waals surface area contributed by atoms with Crippen molar-refractivity contribution in [2.24, 2.45) is 5.92 Å². The van der Waals surface area contributed by atoms with E-state index < -0.39 is 0 Å². The van der Waals surface area contributed by atoms with E-state index in [2.05, 4.69) is 5.32 Å². The monoisotopic (exact) mass is 334 g/mol. The number of carbonyl (C=O) groups is 1. The van der Waals surface area contributed by atoms with Crippen LogP contribution in [-0.2, 0) is 0 Å². The Hall–Kier alpha value is -1.75. The molecule has 0 aliphatic heterocycles. The lowest BCUT2D eigenvalue weighted by Gasteiger charge is -2.31. The van der Waals surface area contributed by atoms with E-state index in [4.69, 9.17) is 4.74 Å². The predicted octanol–water partition coefficient (Wildman–Crippen LogP) is 3.34. The van der Waals surface area contributed by atoms with Gasteiger partial charge in [0.2, 0.25) is 0 Å². The lowest BCUT2D eigenvalue weighted by atomic mass is 9.86. The van der Waals surface area contributed by atoms with Crippen molar-refractivity contribution in [3.05, 3.63) is 29.8 Å². The van der Waals surface area contributed by atoms with Gasteiger partial charge in [-0.2, -0.15) is 0 Å². The zero-order valence-corrected chi connectivity index (χ0v) is 15.0. The second kappa shape index (κ2) is 8.92. The molecular formula is C19H30N2O3. The van der Waals surface area contributed by atoms with Gasteiger partial charge in [-0.15, -0.1) is 0 Å². The summed E-state index contributed by atoms with van der Waals surface area (Å²) in [6, 6.07) is 7.61. The molecular weight excluding hydrogens is 304 g/mol. The smallest absolute Gasteiger partial charge is 0.317 e. The Bertz CT molecular complexity index is 518. The molecule has 1 aromatic rings. The number of carbonyl (C=O) groups excluding carboxylic acids is 1. The Labute approximate surface area is 145 Å². The predicted molar refractivity (Wildman–Crippen MR) is 95.2 cm³/mol. The number of aliphatic hydroxyl groups excluding tert-OH is 1. The van der Waals surface area contributed by atoms with Gasteiger partial charge in [-0.1, -0.05) is 25.0 Å². The van der Waals surface area contributed by atoms with Crippen LogP contribution in [0.4, 0.5) is 4.79 Å². The van der Waals surface area contributed by atoms with Gasteiger partial charge in [-0.3, -0.25) is 0 Å². The molecule has 0 spiro atoms. The van der Waals surface area contributed by atoms with Crippen molar-refractivity contribution in [3.63, 3.8) is 0 Å². The number of ether oxygens (including phenoxy) is 1. The first-order valence-corrected chi connectivity index (χ1v) is 8.93. The van der Waals surface area contributed by atoms with Crippen LogP contribution in [0.2, 0.25) is 0 Å². The second-order valence-electron chi connectivity index (χ2n) is 6.67. The molecule has 0 aromatic heterocycles. The third-order valence-corrected chi connectivity index (χ3v) is 4.76. The number of nitrogens with one attached hydrogen (secondary N) is 1. The molecule has 0 bridgehead atoms. The van der Waals surface area contributed by atoms with Gasteiger partial charge in [0.25, 0.3) is 0 Å². The molecule has 1 aliphatic rings. The second-order valence-corrected chi connectivity index (χ2v) is 6.67. The van der Waals surface area contributed by atoms with Crippen molar-refractivity contribution in [2.75, 3.05) is 20.2 Å². The van der Waals surface area contributed by atoms with Gasteiger partial charge >= 0.3 is 6.03 Å². The van der Waals surface area contributed by atoms with E-state index in [0.717, 1.165) is 37.0 Å². The highest BCUT2D eigenvalue weighted by atomic mass is 16.5. The standard InChI is InChI=1S/C19H30N2O3/c1-4-24-17-11-9-15(10-12-17)14(2)20-19(23)21(3)13-16-7-5-6-8-18(16)22/h9-12,14,16,18,22H,4-8,13H2,1-3H3,(H,20,23). The number of rotatable bonds is 6. The molecule has 0 heterocycles. The van der Waals surface area contributed by atoms with Crippen LogP contribution in [0.25, 0.3) is 0 Å². The number of aliphatic hydroxyl groups is 1. The van der Waals surface area contributed by atoms with Crippen molar-refractivity contribution >= 4 is 6.03 Å². The number of benzene rings is 1. The Balaban J connectivity index is 1.85. The quantitative estimate of drug-likeness (QED) is 0.839. The van der Waals surface area contributed by atoms with Crippen molar-refractivity contribution < 1.29 is 14.6 Å². The molecule has 2 N–H and O–H groups in total. The van der Waals surface area contributed by atoms with E-state index in [1.54, 1.807) is 11.9 Å². The number of hydrogen-bond acceptors (Lipinski definition) is 3. The first-order chi connectivity index (χ1) is 11.5. The molecule has 1 aliphatic carbocycles. The summed E-state index contributed by atoms with van der Waals surface area (Å²) in [5.74, 6) is 1.03. The summed E-state index contributed by atoms with van der Waals surface area (Å²) in [7, 11) is 1.79. The molecule has 5 nitrogen and oxygen atoms in total. The number of hydrogen-bond donors (Lipinski definition) is 2. The van der Waals surface area contributed by atoms with Crippen LogP contribution in [0.15, 0.2) is 24.3 Å². The minimum atomic E-state index is -0.280. The molecule has 2 amide bonds.